The van der Waals surface area contributed by atoms with E-state index in [0.29, 0.717) is 12.1 Å². The Morgan fingerprint density at radius 3 is 2.35 bits per heavy atom. The first-order valence-electron chi connectivity index (χ1n) is 7.37. The summed E-state index contributed by atoms with van der Waals surface area (Å²) < 4.78 is 1.69. The van der Waals surface area contributed by atoms with Gasteiger partial charge in [-0.25, -0.2) is 4.68 Å². The van der Waals surface area contributed by atoms with Crippen molar-refractivity contribution < 1.29 is 14.7 Å². The monoisotopic (exact) mass is 315 g/mol. The molecule has 6 nitrogen and oxygen atoms in total. The van der Waals surface area contributed by atoms with Gasteiger partial charge in [0.15, 0.2) is 0 Å². The molecule has 0 bridgehead atoms. The fourth-order valence-corrected chi connectivity index (χ4v) is 2.30. The summed E-state index contributed by atoms with van der Waals surface area (Å²) in [5.74, 6) is -1.30. The van der Waals surface area contributed by atoms with E-state index < -0.39 is 5.97 Å². The summed E-state index contributed by atoms with van der Waals surface area (Å²) in [6.45, 7) is 5.97. The van der Waals surface area contributed by atoms with E-state index >= 15 is 0 Å². The molecule has 1 amide bonds. The molecule has 0 spiro atoms. The highest BCUT2D eigenvalue weighted by molar-refractivity contribution is 5.96. The average Bonchev–Trinajstić information content (AvgIpc) is 2.98. The number of carboxylic acids is 1. The average molecular weight is 315 g/mol. The van der Waals surface area contributed by atoms with Crippen LogP contribution in [0.5, 0.6) is 0 Å². The maximum absolute atomic E-state index is 12.6. The molecule has 2 rings (SSSR count). The van der Waals surface area contributed by atoms with Crippen LogP contribution in [0.2, 0.25) is 0 Å². The molecule has 0 radical (unpaired) electrons. The van der Waals surface area contributed by atoms with Crippen LogP contribution in [0, 0.1) is 5.41 Å². The van der Waals surface area contributed by atoms with E-state index in [2.05, 4.69) is 5.10 Å². The molecule has 0 aliphatic rings. The van der Waals surface area contributed by atoms with Gasteiger partial charge in [0, 0.05) is 24.5 Å². The molecule has 0 unspecified atom stereocenters. The van der Waals surface area contributed by atoms with Gasteiger partial charge >= 0.3 is 5.97 Å². The summed E-state index contributed by atoms with van der Waals surface area (Å²) in [5.41, 5.74) is 1.12. The number of benzene rings is 1. The molecule has 0 aliphatic carbocycles. The lowest BCUT2D eigenvalue weighted by atomic mass is 9.95. The van der Waals surface area contributed by atoms with Crippen LogP contribution < -0.4 is 0 Å². The van der Waals surface area contributed by atoms with E-state index in [9.17, 15) is 9.59 Å². The number of rotatable bonds is 5. The summed E-state index contributed by atoms with van der Waals surface area (Å²) in [6, 6.07) is 8.78. The number of aliphatic carboxylic acids is 1. The molecule has 2 aromatic rings. The fraction of sp³-hybridized carbons (Fsp3) is 0.353. The smallest absolute Gasteiger partial charge is 0.323 e. The van der Waals surface area contributed by atoms with Crippen molar-refractivity contribution in [3.63, 3.8) is 0 Å². The molecular weight excluding hydrogens is 294 g/mol. The third kappa shape index (κ3) is 4.67. The summed E-state index contributed by atoms with van der Waals surface area (Å²) in [6.07, 6.45) is 3.49. The Hall–Kier alpha value is -2.63. The number of aromatic nitrogens is 2. The van der Waals surface area contributed by atoms with Gasteiger partial charge in [-0.2, -0.15) is 5.10 Å². The minimum Gasteiger partial charge on any atom is -0.480 e. The summed E-state index contributed by atoms with van der Waals surface area (Å²) in [7, 11) is 0. The van der Waals surface area contributed by atoms with E-state index in [0.717, 1.165) is 5.69 Å². The van der Waals surface area contributed by atoms with E-state index in [1.807, 2.05) is 33.0 Å². The maximum atomic E-state index is 12.6. The lowest BCUT2D eigenvalue weighted by Gasteiger charge is -2.29. The van der Waals surface area contributed by atoms with Crippen LogP contribution in [-0.4, -0.2) is 44.8 Å². The molecule has 6 heteroatoms. The van der Waals surface area contributed by atoms with Crippen molar-refractivity contribution in [3.05, 3.63) is 48.3 Å². The largest absolute Gasteiger partial charge is 0.480 e. The predicted molar refractivity (Wildman–Crippen MR) is 86.6 cm³/mol. The SMILES string of the molecule is CC(C)(C)CN(CC(=O)O)C(=O)c1ccc(-n2cccn2)cc1. The number of carbonyl (C=O) groups is 2. The second-order valence-corrected chi connectivity index (χ2v) is 6.61. The van der Waals surface area contributed by atoms with Crippen molar-refractivity contribution in [2.45, 2.75) is 20.8 Å². The fourth-order valence-electron chi connectivity index (χ4n) is 2.30. The van der Waals surface area contributed by atoms with E-state index in [4.69, 9.17) is 5.11 Å². The van der Waals surface area contributed by atoms with Gasteiger partial charge in [0.25, 0.3) is 5.91 Å². The van der Waals surface area contributed by atoms with Crippen molar-refractivity contribution in [1.82, 2.24) is 14.7 Å². The van der Waals surface area contributed by atoms with Gasteiger partial charge in [0.05, 0.1) is 5.69 Å². The van der Waals surface area contributed by atoms with Crippen LogP contribution in [0.4, 0.5) is 0 Å². The molecule has 0 aliphatic heterocycles. The molecule has 1 aromatic heterocycles. The molecule has 1 N–H and O–H groups in total. The van der Waals surface area contributed by atoms with E-state index in [1.54, 1.807) is 35.1 Å². The highest BCUT2D eigenvalue weighted by Gasteiger charge is 2.24. The quantitative estimate of drug-likeness (QED) is 0.919. The number of nitrogens with zero attached hydrogens (tertiary/aromatic N) is 3. The number of hydrogen-bond donors (Lipinski definition) is 1. The Labute approximate surface area is 135 Å². The minimum atomic E-state index is -1.02. The molecule has 0 fully saturated rings. The van der Waals surface area contributed by atoms with Gasteiger partial charge in [-0.1, -0.05) is 20.8 Å². The summed E-state index contributed by atoms with van der Waals surface area (Å²) >= 11 is 0. The van der Waals surface area contributed by atoms with Crippen LogP contribution in [0.3, 0.4) is 0 Å². The first kappa shape index (κ1) is 16.7. The first-order valence-corrected chi connectivity index (χ1v) is 7.37. The number of hydrogen-bond acceptors (Lipinski definition) is 3. The van der Waals surface area contributed by atoms with Crippen molar-refractivity contribution in [2.24, 2.45) is 5.41 Å². The van der Waals surface area contributed by atoms with Gasteiger partial charge in [-0.15, -0.1) is 0 Å². The van der Waals surface area contributed by atoms with Crippen LogP contribution in [0.15, 0.2) is 42.7 Å². The Morgan fingerprint density at radius 1 is 1.22 bits per heavy atom. The van der Waals surface area contributed by atoms with Crippen LogP contribution in [0.1, 0.15) is 31.1 Å². The van der Waals surface area contributed by atoms with Crippen molar-refractivity contribution in [2.75, 3.05) is 13.1 Å². The van der Waals surface area contributed by atoms with Gasteiger partial charge in [0.2, 0.25) is 0 Å². The minimum absolute atomic E-state index is 0.180. The highest BCUT2D eigenvalue weighted by atomic mass is 16.4. The first-order chi connectivity index (χ1) is 10.8. The normalized spacial score (nSPS) is 11.3. The van der Waals surface area contributed by atoms with Crippen molar-refractivity contribution >= 4 is 11.9 Å². The number of carboxylic acid groups (broad SMARTS) is 1. The third-order valence-electron chi connectivity index (χ3n) is 3.16. The Morgan fingerprint density at radius 2 is 1.87 bits per heavy atom. The molecule has 0 saturated heterocycles. The van der Waals surface area contributed by atoms with Gasteiger partial charge in [-0.3, -0.25) is 9.59 Å². The standard InChI is InChI=1S/C17H21N3O3/c1-17(2,3)12-19(11-15(21)22)16(23)13-5-7-14(8-6-13)20-10-4-9-18-20/h4-10H,11-12H2,1-3H3,(H,21,22). The lowest BCUT2D eigenvalue weighted by molar-refractivity contribution is -0.138. The topological polar surface area (TPSA) is 75.4 Å². The molecule has 1 aromatic carbocycles. The Balaban J connectivity index is 2.20. The van der Waals surface area contributed by atoms with Crippen LogP contribution >= 0.6 is 0 Å². The molecule has 0 saturated carbocycles. The molecule has 122 valence electrons. The zero-order valence-corrected chi connectivity index (χ0v) is 13.6. The molecule has 23 heavy (non-hydrogen) atoms. The lowest BCUT2D eigenvalue weighted by Crippen LogP contribution is -2.41. The van der Waals surface area contributed by atoms with Gasteiger partial charge < -0.3 is 10.0 Å². The zero-order valence-electron chi connectivity index (χ0n) is 13.6. The van der Waals surface area contributed by atoms with Gasteiger partial charge in [-0.05, 0) is 35.7 Å². The zero-order chi connectivity index (χ0) is 17.0. The van der Waals surface area contributed by atoms with E-state index in [1.165, 1.54) is 4.90 Å². The molecule has 1 heterocycles. The Kier molecular flexibility index (Phi) is 4.83. The molecular formula is C17H21N3O3. The second kappa shape index (κ2) is 6.64. The van der Waals surface area contributed by atoms with Crippen LogP contribution in [0.25, 0.3) is 5.69 Å². The van der Waals surface area contributed by atoms with Crippen molar-refractivity contribution in [1.29, 1.82) is 0 Å². The molecule has 0 atom stereocenters. The third-order valence-corrected chi connectivity index (χ3v) is 3.16. The van der Waals surface area contributed by atoms with Gasteiger partial charge in [0.1, 0.15) is 6.54 Å². The van der Waals surface area contributed by atoms with Crippen molar-refractivity contribution in [3.8, 4) is 5.69 Å². The summed E-state index contributed by atoms with van der Waals surface area (Å²) in [5, 5.41) is 13.2. The van der Waals surface area contributed by atoms with E-state index in [-0.39, 0.29) is 17.9 Å². The van der Waals surface area contributed by atoms with Crippen LogP contribution in [-0.2, 0) is 4.79 Å². The Bertz CT molecular complexity index is 670. The summed E-state index contributed by atoms with van der Waals surface area (Å²) in [4.78, 5) is 25.0. The number of amides is 1. The maximum Gasteiger partial charge on any atom is 0.323 e. The highest BCUT2D eigenvalue weighted by Crippen LogP contribution is 2.18. The number of carbonyl (C=O) groups excluding carboxylic acids is 1. The predicted octanol–water partition coefficient (Wildman–Crippen LogP) is 2.45. The second-order valence-electron chi connectivity index (χ2n) is 6.61.